The second-order valence-electron chi connectivity index (χ2n) is 6.70. The van der Waals surface area contributed by atoms with Crippen LogP contribution < -0.4 is 15.4 Å². The topological polar surface area (TPSA) is 69.1 Å². The summed E-state index contributed by atoms with van der Waals surface area (Å²) in [5, 5.41) is 16.8. The Morgan fingerprint density at radius 3 is 2.75 bits per heavy atom. The van der Waals surface area contributed by atoms with Gasteiger partial charge in [-0.15, -0.1) is 0 Å². The highest BCUT2D eigenvalue weighted by atomic mass is 16.5. The van der Waals surface area contributed by atoms with Gasteiger partial charge in [-0.1, -0.05) is 6.92 Å². The molecule has 1 heterocycles. The van der Waals surface area contributed by atoms with Gasteiger partial charge < -0.3 is 20.5 Å². The summed E-state index contributed by atoms with van der Waals surface area (Å²) in [6.07, 6.45) is 0. The molecule has 0 bridgehead atoms. The molecule has 24 heavy (non-hydrogen) atoms. The van der Waals surface area contributed by atoms with Crippen molar-refractivity contribution in [2.24, 2.45) is 10.9 Å². The van der Waals surface area contributed by atoms with Gasteiger partial charge in [0.1, 0.15) is 11.5 Å². The summed E-state index contributed by atoms with van der Waals surface area (Å²) >= 11 is 0. The number of aliphatic imine (C=N–C) groups is 1. The number of guanidine groups is 1. The normalized spacial score (nSPS) is 22.0. The largest absolute Gasteiger partial charge is 0.508 e. The highest BCUT2D eigenvalue weighted by Gasteiger charge is 2.31. The Morgan fingerprint density at radius 2 is 2.17 bits per heavy atom. The maximum Gasteiger partial charge on any atom is 0.191 e. The summed E-state index contributed by atoms with van der Waals surface area (Å²) < 4.78 is 5.21. The van der Waals surface area contributed by atoms with Crippen molar-refractivity contribution in [3.05, 3.63) is 23.8 Å². The zero-order valence-corrected chi connectivity index (χ0v) is 15.3. The number of hydrogen-bond acceptors (Lipinski definition) is 4. The van der Waals surface area contributed by atoms with Gasteiger partial charge in [0.2, 0.25) is 0 Å². The molecule has 2 unspecified atom stereocenters. The Kier molecular flexibility index (Phi) is 6.31. The lowest BCUT2D eigenvalue weighted by molar-refractivity contribution is 0.265. The van der Waals surface area contributed by atoms with Gasteiger partial charge in [0, 0.05) is 44.3 Å². The van der Waals surface area contributed by atoms with E-state index in [0.29, 0.717) is 24.5 Å². The minimum absolute atomic E-state index is 0.249. The highest BCUT2D eigenvalue weighted by molar-refractivity contribution is 5.80. The van der Waals surface area contributed by atoms with Crippen LogP contribution in [0.25, 0.3) is 0 Å². The fourth-order valence-electron chi connectivity index (χ4n) is 2.99. The van der Waals surface area contributed by atoms with E-state index in [1.54, 1.807) is 26.3 Å². The van der Waals surface area contributed by atoms with Gasteiger partial charge in [-0.3, -0.25) is 9.89 Å². The van der Waals surface area contributed by atoms with Gasteiger partial charge in [0.05, 0.1) is 7.11 Å². The number of rotatable bonds is 5. The maximum absolute atomic E-state index is 9.98. The number of nitrogens with zero attached hydrogens (tertiary/aromatic N) is 2. The molecular weight excluding hydrogens is 304 g/mol. The van der Waals surface area contributed by atoms with Gasteiger partial charge in [-0.2, -0.15) is 0 Å². The molecule has 0 amide bonds. The third-order valence-corrected chi connectivity index (χ3v) is 4.65. The molecule has 1 saturated heterocycles. The van der Waals surface area contributed by atoms with Crippen LogP contribution in [0.15, 0.2) is 23.2 Å². The van der Waals surface area contributed by atoms with Crippen LogP contribution in [0.5, 0.6) is 11.5 Å². The number of benzene rings is 1. The van der Waals surface area contributed by atoms with Crippen molar-refractivity contribution in [3.8, 4) is 11.5 Å². The molecule has 3 N–H and O–H groups in total. The summed E-state index contributed by atoms with van der Waals surface area (Å²) in [4.78, 5) is 6.78. The van der Waals surface area contributed by atoms with Crippen LogP contribution in [0.4, 0.5) is 0 Å². The van der Waals surface area contributed by atoms with E-state index in [4.69, 9.17) is 4.74 Å². The van der Waals surface area contributed by atoms with Crippen molar-refractivity contribution >= 4 is 5.96 Å². The lowest BCUT2D eigenvalue weighted by Crippen LogP contribution is -2.46. The van der Waals surface area contributed by atoms with E-state index < -0.39 is 0 Å². The molecule has 1 aromatic carbocycles. The summed E-state index contributed by atoms with van der Waals surface area (Å²) in [5.74, 6) is 2.29. The van der Waals surface area contributed by atoms with Crippen LogP contribution in [0.2, 0.25) is 0 Å². The van der Waals surface area contributed by atoms with Crippen LogP contribution in [-0.2, 0) is 6.54 Å². The number of nitrogens with one attached hydrogen (secondary N) is 2. The highest BCUT2D eigenvalue weighted by Crippen LogP contribution is 2.22. The third kappa shape index (κ3) is 4.54. The molecule has 0 radical (unpaired) electrons. The van der Waals surface area contributed by atoms with E-state index in [1.165, 1.54) is 0 Å². The molecule has 134 valence electrons. The standard InChI is InChI=1S/C18H30N4O2/c1-12(2)22-10-13(3)16(11-22)21-18(19-4)20-9-14-8-15(24-5)6-7-17(14)23/h6-8,12-13,16,23H,9-11H2,1-5H3,(H2,19,20,21). The van der Waals surface area contributed by atoms with Gasteiger partial charge in [0.25, 0.3) is 0 Å². The number of aromatic hydroxyl groups is 1. The Morgan fingerprint density at radius 1 is 1.42 bits per heavy atom. The first kappa shape index (κ1) is 18.4. The summed E-state index contributed by atoms with van der Waals surface area (Å²) in [7, 11) is 3.38. The van der Waals surface area contributed by atoms with Gasteiger partial charge in [0.15, 0.2) is 5.96 Å². The zero-order valence-electron chi connectivity index (χ0n) is 15.3. The Bertz CT molecular complexity index is 574. The van der Waals surface area contributed by atoms with Crippen molar-refractivity contribution < 1.29 is 9.84 Å². The van der Waals surface area contributed by atoms with Crippen molar-refractivity contribution in [2.75, 3.05) is 27.2 Å². The first-order chi connectivity index (χ1) is 11.4. The lowest BCUT2D eigenvalue weighted by Gasteiger charge is -2.22. The van der Waals surface area contributed by atoms with Crippen LogP contribution in [0, 0.1) is 5.92 Å². The molecule has 0 aromatic heterocycles. The number of hydrogen-bond donors (Lipinski definition) is 3. The Labute approximate surface area is 144 Å². The molecule has 0 spiro atoms. The van der Waals surface area contributed by atoms with E-state index in [0.717, 1.165) is 30.4 Å². The summed E-state index contributed by atoms with van der Waals surface area (Å²) in [5.41, 5.74) is 0.778. The van der Waals surface area contributed by atoms with E-state index in [-0.39, 0.29) is 5.75 Å². The molecule has 2 rings (SSSR count). The Hall–Kier alpha value is -1.95. The fraction of sp³-hybridized carbons (Fsp3) is 0.611. The number of ether oxygens (including phenoxy) is 1. The number of phenols is 1. The van der Waals surface area contributed by atoms with Crippen molar-refractivity contribution in [1.82, 2.24) is 15.5 Å². The zero-order chi connectivity index (χ0) is 17.7. The monoisotopic (exact) mass is 334 g/mol. The fourth-order valence-corrected chi connectivity index (χ4v) is 2.99. The summed E-state index contributed by atoms with van der Waals surface area (Å²) in [6.45, 7) is 9.33. The molecule has 0 aliphatic carbocycles. The molecule has 6 nitrogen and oxygen atoms in total. The first-order valence-corrected chi connectivity index (χ1v) is 8.51. The predicted octanol–water partition coefficient (Wildman–Crippen LogP) is 1.79. The second-order valence-corrected chi connectivity index (χ2v) is 6.70. The van der Waals surface area contributed by atoms with E-state index in [9.17, 15) is 5.11 Å². The molecule has 1 aliphatic heterocycles. The van der Waals surface area contributed by atoms with E-state index >= 15 is 0 Å². The minimum atomic E-state index is 0.249. The van der Waals surface area contributed by atoms with Gasteiger partial charge in [-0.25, -0.2) is 0 Å². The van der Waals surface area contributed by atoms with Gasteiger partial charge in [-0.05, 0) is 38.0 Å². The number of likely N-dealkylation sites (tertiary alicyclic amines) is 1. The van der Waals surface area contributed by atoms with Crippen LogP contribution in [0.1, 0.15) is 26.3 Å². The quantitative estimate of drug-likeness (QED) is 0.566. The second kappa shape index (κ2) is 8.24. The van der Waals surface area contributed by atoms with Crippen molar-refractivity contribution in [2.45, 2.75) is 39.4 Å². The van der Waals surface area contributed by atoms with Crippen LogP contribution in [-0.4, -0.2) is 55.3 Å². The van der Waals surface area contributed by atoms with E-state index in [1.807, 2.05) is 6.07 Å². The van der Waals surface area contributed by atoms with Crippen LogP contribution in [0.3, 0.4) is 0 Å². The smallest absolute Gasteiger partial charge is 0.191 e. The average molecular weight is 334 g/mol. The molecule has 0 saturated carbocycles. The lowest BCUT2D eigenvalue weighted by atomic mass is 10.1. The SMILES string of the molecule is CN=C(NCc1cc(OC)ccc1O)NC1CN(C(C)C)CC1C. The first-order valence-electron chi connectivity index (χ1n) is 8.51. The Balaban J connectivity index is 1.94. The molecular formula is C18H30N4O2. The molecule has 1 fully saturated rings. The molecule has 6 heteroatoms. The maximum atomic E-state index is 9.98. The molecule has 1 aliphatic rings. The van der Waals surface area contributed by atoms with Crippen LogP contribution >= 0.6 is 0 Å². The van der Waals surface area contributed by atoms with E-state index in [2.05, 4.69) is 41.3 Å². The summed E-state index contributed by atoms with van der Waals surface area (Å²) in [6, 6.07) is 6.15. The minimum Gasteiger partial charge on any atom is -0.508 e. The average Bonchev–Trinajstić information content (AvgIpc) is 2.93. The van der Waals surface area contributed by atoms with Crippen molar-refractivity contribution in [3.63, 3.8) is 0 Å². The number of phenolic OH excluding ortho intramolecular Hbond substituents is 1. The molecule has 1 aromatic rings. The van der Waals surface area contributed by atoms with Crippen molar-refractivity contribution in [1.29, 1.82) is 0 Å². The predicted molar refractivity (Wildman–Crippen MR) is 97.7 cm³/mol. The number of methoxy groups -OCH3 is 1. The third-order valence-electron chi connectivity index (χ3n) is 4.65. The molecule has 2 atom stereocenters. The van der Waals surface area contributed by atoms with Gasteiger partial charge >= 0.3 is 0 Å².